The molecule has 0 radical (unpaired) electrons. The number of benzene rings is 2. The first kappa shape index (κ1) is 19.1. The van der Waals surface area contributed by atoms with Crippen molar-refractivity contribution in [2.24, 2.45) is 0 Å². The Bertz CT molecular complexity index is 904. The highest BCUT2D eigenvalue weighted by atomic mass is 35.5. The molecule has 5 nitrogen and oxygen atoms in total. The second-order valence-corrected chi connectivity index (χ2v) is 7.05. The maximum atomic E-state index is 12.5. The number of hydrogen-bond donors (Lipinski definition) is 0. The molecule has 0 aliphatic carbocycles. The van der Waals surface area contributed by atoms with E-state index < -0.39 is 0 Å². The van der Waals surface area contributed by atoms with Crippen LogP contribution in [0.3, 0.4) is 0 Å². The van der Waals surface area contributed by atoms with E-state index in [1.54, 1.807) is 17.0 Å². The molecule has 0 saturated heterocycles. The van der Waals surface area contributed by atoms with E-state index in [1.807, 2.05) is 33.0 Å². The van der Waals surface area contributed by atoms with Crippen LogP contribution in [0.1, 0.15) is 36.4 Å². The van der Waals surface area contributed by atoms with Gasteiger partial charge in [0.05, 0.1) is 6.04 Å². The second-order valence-electron chi connectivity index (χ2n) is 6.61. The van der Waals surface area contributed by atoms with E-state index in [1.165, 1.54) is 5.56 Å². The summed E-state index contributed by atoms with van der Waals surface area (Å²) in [6.45, 7) is 4.07. The average molecular weight is 384 g/mol. The van der Waals surface area contributed by atoms with Gasteiger partial charge >= 0.3 is 0 Å². The highest BCUT2D eigenvalue weighted by Crippen LogP contribution is 2.21. The van der Waals surface area contributed by atoms with E-state index in [4.69, 9.17) is 16.1 Å². The van der Waals surface area contributed by atoms with E-state index in [-0.39, 0.29) is 11.9 Å². The summed E-state index contributed by atoms with van der Waals surface area (Å²) in [5.74, 6) is 0.981. The number of nitrogens with zero attached hydrogens (tertiary/aromatic N) is 3. The first-order valence-corrected chi connectivity index (χ1v) is 9.22. The SMILES string of the molecule is Cc1ccc(C(C)N(C)C(=O)CCc2nc(-c3ccc(Cl)cc3)no2)cc1. The Kier molecular flexibility index (Phi) is 5.91. The van der Waals surface area contributed by atoms with Gasteiger partial charge in [-0.05, 0) is 43.7 Å². The number of carbonyl (C=O) groups is 1. The average Bonchev–Trinajstić information content (AvgIpc) is 3.15. The van der Waals surface area contributed by atoms with E-state index in [0.29, 0.717) is 29.6 Å². The van der Waals surface area contributed by atoms with Crippen LogP contribution in [0.5, 0.6) is 0 Å². The second kappa shape index (κ2) is 8.35. The molecule has 0 spiro atoms. The number of amides is 1. The van der Waals surface area contributed by atoms with E-state index in [9.17, 15) is 4.79 Å². The lowest BCUT2D eigenvalue weighted by atomic mass is 10.1. The maximum absolute atomic E-state index is 12.5. The Hall–Kier alpha value is -2.66. The fourth-order valence-electron chi connectivity index (χ4n) is 2.75. The highest BCUT2D eigenvalue weighted by Gasteiger charge is 2.18. The zero-order chi connectivity index (χ0) is 19.4. The lowest BCUT2D eigenvalue weighted by Gasteiger charge is -2.25. The van der Waals surface area contributed by atoms with Crippen molar-refractivity contribution < 1.29 is 9.32 Å². The van der Waals surface area contributed by atoms with Crippen LogP contribution in [-0.4, -0.2) is 28.0 Å². The predicted molar refractivity (Wildman–Crippen MR) is 105 cm³/mol. The number of aromatic nitrogens is 2. The molecule has 140 valence electrons. The standard InChI is InChI=1S/C21H22ClN3O2/c1-14-4-6-16(7-5-14)15(2)25(3)20(26)13-12-19-23-21(24-27-19)17-8-10-18(22)11-9-17/h4-11,15H,12-13H2,1-3H3. The van der Waals surface area contributed by atoms with E-state index in [0.717, 1.165) is 11.1 Å². The third-order valence-corrected chi connectivity index (χ3v) is 4.91. The van der Waals surface area contributed by atoms with Crippen LogP contribution in [0.15, 0.2) is 53.1 Å². The van der Waals surface area contributed by atoms with Gasteiger partial charge in [0.15, 0.2) is 0 Å². The molecule has 0 N–H and O–H groups in total. The van der Waals surface area contributed by atoms with Crippen LogP contribution in [0.25, 0.3) is 11.4 Å². The molecule has 3 rings (SSSR count). The largest absolute Gasteiger partial charge is 0.339 e. The molecule has 0 saturated carbocycles. The number of aryl methyl sites for hydroxylation is 2. The fourth-order valence-corrected chi connectivity index (χ4v) is 2.87. The van der Waals surface area contributed by atoms with Crippen molar-refractivity contribution in [3.63, 3.8) is 0 Å². The minimum Gasteiger partial charge on any atom is -0.339 e. The molecule has 27 heavy (non-hydrogen) atoms. The molecule has 1 aromatic heterocycles. The van der Waals surface area contributed by atoms with Gasteiger partial charge in [0, 0.05) is 30.5 Å². The van der Waals surface area contributed by atoms with Gasteiger partial charge in [-0.15, -0.1) is 0 Å². The molecule has 0 aliphatic heterocycles. The summed E-state index contributed by atoms with van der Waals surface area (Å²) in [6, 6.07) is 15.4. The summed E-state index contributed by atoms with van der Waals surface area (Å²) in [5, 5.41) is 4.63. The van der Waals surface area contributed by atoms with Gasteiger partial charge in [0.1, 0.15) is 0 Å². The van der Waals surface area contributed by atoms with Crippen LogP contribution < -0.4 is 0 Å². The summed E-state index contributed by atoms with van der Waals surface area (Å²) < 4.78 is 5.27. The van der Waals surface area contributed by atoms with Crippen molar-refractivity contribution in [3.05, 3.63) is 70.6 Å². The number of carbonyl (C=O) groups excluding carboxylic acids is 1. The van der Waals surface area contributed by atoms with Gasteiger partial charge in [-0.1, -0.05) is 46.6 Å². The van der Waals surface area contributed by atoms with Crippen LogP contribution in [-0.2, 0) is 11.2 Å². The molecular weight excluding hydrogens is 362 g/mol. The minimum absolute atomic E-state index is 0.00501. The summed E-state index contributed by atoms with van der Waals surface area (Å²) in [7, 11) is 1.82. The molecule has 1 unspecified atom stereocenters. The molecular formula is C21H22ClN3O2. The third kappa shape index (κ3) is 4.74. The molecule has 0 fully saturated rings. The van der Waals surface area contributed by atoms with Crippen LogP contribution in [0.2, 0.25) is 5.02 Å². The summed E-state index contributed by atoms with van der Waals surface area (Å²) in [4.78, 5) is 18.6. The lowest BCUT2D eigenvalue weighted by Crippen LogP contribution is -2.29. The van der Waals surface area contributed by atoms with Crippen LogP contribution in [0.4, 0.5) is 0 Å². The topological polar surface area (TPSA) is 59.2 Å². The predicted octanol–water partition coefficient (Wildman–Crippen LogP) is 4.85. The molecule has 0 aliphatic rings. The molecule has 0 bridgehead atoms. The number of halogens is 1. The van der Waals surface area contributed by atoms with Crippen molar-refractivity contribution >= 4 is 17.5 Å². The van der Waals surface area contributed by atoms with Gasteiger partial charge in [-0.3, -0.25) is 4.79 Å². The molecule has 6 heteroatoms. The zero-order valence-electron chi connectivity index (χ0n) is 15.6. The van der Waals surface area contributed by atoms with E-state index >= 15 is 0 Å². The van der Waals surface area contributed by atoms with Crippen LogP contribution >= 0.6 is 11.6 Å². The van der Waals surface area contributed by atoms with Crippen molar-refractivity contribution in [1.82, 2.24) is 15.0 Å². The Morgan fingerprint density at radius 1 is 1.15 bits per heavy atom. The molecule has 3 aromatic rings. The quantitative estimate of drug-likeness (QED) is 0.610. The minimum atomic E-state index is 0.00501. The molecule has 1 amide bonds. The first-order chi connectivity index (χ1) is 12.9. The summed E-state index contributed by atoms with van der Waals surface area (Å²) >= 11 is 5.89. The van der Waals surface area contributed by atoms with Gasteiger partial charge in [0.2, 0.25) is 17.6 Å². The van der Waals surface area contributed by atoms with Gasteiger partial charge < -0.3 is 9.42 Å². The third-order valence-electron chi connectivity index (χ3n) is 4.66. The molecule has 1 atom stereocenters. The summed E-state index contributed by atoms with van der Waals surface area (Å²) in [6.07, 6.45) is 0.722. The zero-order valence-corrected chi connectivity index (χ0v) is 16.4. The van der Waals surface area contributed by atoms with Gasteiger partial charge in [-0.2, -0.15) is 4.98 Å². The van der Waals surface area contributed by atoms with Crippen molar-refractivity contribution in [3.8, 4) is 11.4 Å². The maximum Gasteiger partial charge on any atom is 0.227 e. The van der Waals surface area contributed by atoms with Crippen molar-refractivity contribution in [2.45, 2.75) is 32.7 Å². The monoisotopic (exact) mass is 383 g/mol. The van der Waals surface area contributed by atoms with Gasteiger partial charge in [-0.25, -0.2) is 0 Å². The van der Waals surface area contributed by atoms with Crippen molar-refractivity contribution in [2.75, 3.05) is 7.05 Å². The lowest BCUT2D eigenvalue weighted by molar-refractivity contribution is -0.131. The molecule has 2 aromatic carbocycles. The highest BCUT2D eigenvalue weighted by molar-refractivity contribution is 6.30. The van der Waals surface area contributed by atoms with Crippen molar-refractivity contribution in [1.29, 1.82) is 0 Å². The smallest absolute Gasteiger partial charge is 0.227 e. The Morgan fingerprint density at radius 3 is 2.48 bits per heavy atom. The Morgan fingerprint density at radius 2 is 1.81 bits per heavy atom. The van der Waals surface area contributed by atoms with E-state index in [2.05, 4.69) is 34.4 Å². The molecule has 1 heterocycles. The number of rotatable bonds is 6. The normalized spacial score (nSPS) is 12.0. The number of hydrogen-bond acceptors (Lipinski definition) is 4. The first-order valence-electron chi connectivity index (χ1n) is 8.85. The Labute approximate surface area is 164 Å². The summed E-state index contributed by atoms with van der Waals surface area (Å²) in [5.41, 5.74) is 3.14. The van der Waals surface area contributed by atoms with Gasteiger partial charge in [0.25, 0.3) is 0 Å². The Balaban J connectivity index is 1.58. The van der Waals surface area contributed by atoms with Crippen LogP contribution in [0, 0.1) is 6.92 Å². The fraction of sp³-hybridized carbons (Fsp3) is 0.286.